The van der Waals surface area contributed by atoms with Crippen LogP contribution in [0.1, 0.15) is 10.6 Å². The molecule has 0 radical (unpaired) electrons. The molecule has 0 bridgehead atoms. The monoisotopic (exact) mass is 263 g/mol. The molecule has 102 valence electrons. The lowest BCUT2D eigenvalue weighted by Gasteiger charge is -2.11. The predicted octanol–water partition coefficient (Wildman–Crippen LogP) is 2.16. The van der Waals surface area contributed by atoms with Gasteiger partial charge in [-0.25, -0.2) is 4.79 Å². The smallest absolute Gasteiger partial charge is 0.373 e. The van der Waals surface area contributed by atoms with E-state index in [0.717, 1.165) is 11.9 Å². The van der Waals surface area contributed by atoms with Crippen molar-refractivity contribution in [2.45, 2.75) is 0 Å². The maximum absolute atomic E-state index is 11.4. The quantitative estimate of drug-likeness (QED) is 0.774. The molecule has 0 saturated heterocycles. The van der Waals surface area contributed by atoms with Crippen molar-refractivity contribution < 1.29 is 18.7 Å². The molecule has 0 amide bonds. The maximum Gasteiger partial charge on any atom is 0.373 e. The zero-order valence-electron chi connectivity index (χ0n) is 11.3. The highest BCUT2D eigenvalue weighted by Crippen LogP contribution is 2.28. The number of carbonyl (C=O) groups is 1. The first-order valence-corrected chi connectivity index (χ1v) is 6.00. The van der Waals surface area contributed by atoms with Gasteiger partial charge in [0.25, 0.3) is 0 Å². The van der Waals surface area contributed by atoms with Crippen LogP contribution in [0.25, 0.3) is 11.0 Å². The van der Waals surface area contributed by atoms with Crippen LogP contribution in [0.4, 0.5) is 0 Å². The fourth-order valence-corrected chi connectivity index (χ4v) is 1.70. The summed E-state index contributed by atoms with van der Waals surface area (Å²) < 4.78 is 15.8. The summed E-state index contributed by atoms with van der Waals surface area (Å²) in [6.45, 7) is 1.39. The normalized spacial score (nSPS) is 10.9. The molecule has 0 aliphatic carbocycles. The average molecular weight is 263 g/mol. The molecule has 0 aliphatic rings. The van der Waals surface area contributed by atoms with Crippen molar-refractivity contribution in [3.63, 3.8) is 0 Å². The highest BCUT2D eigenvalue weighted by Gasteiger charge is 2.14. The standard InChI is InChI=1S/C14H17NO4/c1-15(2)7-8-18-11-5-4-6-12-10(11)9-13(19-12)14(16)17-3/h4-6,9H,7-8H2,1-3H3. The molecule has 0 atom stereocenters. The number of hydrogen-bond donors (Lipinski definition) is 0. The van der Waals surface area contributed by atoms with Crippen LogP contribution >= 0.6 is 0 Å². The van der Waals surface area contributed by atoms with Gasteiger partial charge in [-0.1, -0.05) is 6.07 Å². The first kappa shape index (κ1) is 13.4. The summed E-state index contributed by atoms with van der Waals surface area (Å²) in [5.41, 5.74) is 0.614. The first-order valence-electron chi connectivity index (χ1n) is 6.00. The minimum atomic E-state index is -0.490. The lowest BCUT2D eigenvalue weighted by Crippen LogP contribution is -2.19. The number of benzene rings is 1. The Labute approximate surface area is 111 Å². The third-order valence-corrected chi connectivity index (χ3v) is 2.70. The van der Waals surface area contributed by atoms with Crippen LogP contribution in [0.3, 0.4) is 0 Å². The van der Waals surface area contributed by atoms with Gasteiger partial charge >= 0.3 is 5.97 Å². The summed E-state index contributed by atoms with van der Waals surface area (Å²) in [6, 6.07) is 7.12. The fourth-order valence-electron chi connectivity index (χ4n) is 1.70. The van der Waals surface area contributed by atoms with Gasteiger partial charge in [-0.05, 0) is 26.2 Å². The van der Waals surface area contributed by atoms with Crippen LogP contribution in [0, 0.1) is 0 Å². The molecule has 1 aromatic carbocycles. The lowest BCUT2D eigenvalue weighted by molar-refractivity contribution is 0.0567. The molecule has 0 saturated carbocycles. The third kappa shape index (κ3) is 3.06. The Kier molecular flexibility index (Phi) is 4.06. The van der Waals surface area contributed by atoms with Crippen LogP contribution in [-0.2, 0) is 4.74 Å². The third-order valence-electron chi connectivity index (χ3n) is 2.70. The van der Waals surface area contributed by atoms with Gasteiger partial charge in [-0.3, -0.25) is 0 Å². The molecular weight excluding hydrogens is 246 g/mol. The number of esters is 1. The molecule has 5 nitrogen and oxygen atoms in total. The molecule has 1 aromatic heterocycles. The number of likely N-dealkylation sites (N-methyl/N-ethyl adjacent to an activating group) is 1. The fraction of sp³-hybridized carbons (Fsp3) is 0.357. The summed E-state index contributed by atoms with van der Waals surface area (Å²) in [4.78, 5) is 13.5. The van der Waals surface area contributed by atoms with Crippen LogP contribution < -0.4 is 4.74 Å². The molecule has 0 fully saturated rings. The minimum Gasteiger partial charge on any atom is -0.491 e. The second-order valence-electron chi connectivity index (χ2n) is 4.42. The second-order valence-corrected chi connectivity index (χ2v) is 4.42. The van der Waals surface area contributed by atoms with Crippen LogP contribution in [0.15, 0.2) is 28.7 Å². The van der Waals surface area contributed by atoms with E-state index >= 15 is 0 Å². The van der Waals surface area contributed by atoms with E-state index in [2.05, 4.69) is 4.74 Å². The Morgan fingerprint density at radius 2 is 2.16 bits per heavy atom. The van der Waals surface area contributed by atoms with Gasteiger partial charge < -0.3 is 18.8 Å². The van der Waals surface area contributed by atoms with E-state index in [4.69, 9.17) is 9.15 Å². The van der Waals surface area contributed by atoms with E-state index in [1.165, 1.54) is 7.11 Å². The van der Waals surface area contributed by atoms with Crippen LogP contribution in [0.5, 0.6) is 5.75 Å². The highest BCUT2D eigenvalue weighted by molar-refractivity contribution is 5.94. The number of ether oxygens (including phenoxy) is 2. The van der Waals surface area contributed by atoms with Crippen molar-refractivity contribution >= 4 is 16.9 Å². The van der Waals surface area contributed by atoms with Crippen molar-refractivity contribution in [1.82, 2.24) is 4.90 Å². The Hall–Kier alpha value is -2.01. The van der Waals surface area contributed by atoms with Gasteiger partial charge in [0.1, 0.15) is 17.9 Å². The molecule has 0 N–H and O–H groups in total. The predicted molar refractivity (Wildman–Crippen MR) is 71.6 cm³/mol. The largest absolute Gasteiger partial charge is 0.491 e. The Bertz CT molecular complexity index is 574. The number of rotatable bonds is 5. The summed E-state index contributed by atoms with van der Waals surface area (Å²) in [6.07, 6.45) is 0. The topological polar surface area (TPSA) is 51.9 Å². The van der Waals surface area contributed by atoms with Gasteiger partial charge in [-0.15, -0.1) is 0 Å². The number of methoxy groups -OCH3 is 1. The number of hydrogen-bond acceptors (Lipinski definition) is 5. The SMILES string of the molecule is COC(=O)c1cc2c(OCCN(C)C)cccc2o1. The van der Waals surface area contributed by atoms with Crippen molar-refractivity contribution in [3.05, 3.63) is 30.0 Å². The van der Waals surface area contributed by atoms with Gasteiger partial charge in [0, 0.05) is 12.6 Å². The van der Waals surface area contributed by atoms with E-state index in [1.54, 1.807) is 12.1 Å². The molecule has 19 heavy (non-hydrogen) atoms. The molecule has 0 aliphatic heterocycles. The minimum absolute atomic E-state index is 0.182. The summed E-state index contributed by atoms with van der Waals surface area (Å²) in [5.74, 6) is 0.398. The zero-order valence-corrected chi connectivity index (χ0v) is 11.3. The zero-order chi connectivity index (χ0) is 13.8. The number of nitrogens with zero attached hydrogens (tertiary/aromatic N) is 1. The van der Waals surface area contributed by atoms with Crippen LogP contribution in [-0.4, -0.2) is 45.2 Å². The number of fused-ring (bicyclic) bond motifs is 1. The molecule has 0 spiro atoms. The number of carbonyl (C=O) groups excluding carboxylic acids is 1. The van der Waals surface area contributed by atoms with Crippen molar-refractivity contribution in [1.29, 1.82) is 0 Å². The number of furan rings is 1. The molecule has 0 unspecified atom stereocenters. The van der Waals surface area contributed by atoms with E-state index < -0.39 is 5.97 Å². The van der Waals surface area contributed by atoms with E-state index in [-0.39, 0.29) is 5.76 Å². The summed E-state index contributed by atoms with van der Waals surface area (Å²) in [5, 5.41) is 0.779. The van der Waals surface area contributed by atoms with Gasteiger partial charge in [0.15, 0.2) is 0 Å². The van der Waals surface area contributed by atoms with Gasteiger partial charge in [0.05, 0.1) is 12.5 Å². The van der Waals surface area contributed by atoms with Crippen molar-refractivity contribution in [2.24, 2.45) is 0 Å². The Morgan fingerprint density at radius 1 is 1.37 bits per heavy atom. The Balaban J connectivity index is 2.24. The molecule has 1 heterocycles. The van der Waals surface area contributed by atoms with Gasteiger partial charge in [-0.2, -0.15) is 0 Å². The molecule has 5 heteroatoms. The summed E-state index contributed by atoms with van der Waals surface area (Å²) in [7, 11) is 5.29. The molecular formula is C14H17NO4. The van der Waals surface area contributed by atoms with Crippen molar-refractivity contribution in [3.8, 4) is 5.75 Å². The molecule has 2 aromatic rings. The Morgan fingerprint density at radius 3 is 2.84 bits per heavy atom. The molecule has 2 rings (SSSR count). The summed E-state index contributed by atoms with van der Waals surface area (Å²) >= 11 is 0. The highest BCUT2D eigenvalue weighted by atomic mass is 16.5. The maximum atomic E-state index is 11.4. The second kappa shape index (κ2) is 5.75. The first-order chi connectivity index (χ1) is 9.11. The lowest BCUT2D eigenvalue weighted by atomic mass is 10.2. The van der Waals surface area contributed by atoms with Crippen LogP contribution in [0.2, 0.25) is 0 Å². The average Bonchev–Trinajstić information content (AvgIpc) is 2.82. The van der Waals surface area contributed by atoms with E-state index in [9.17, 15) is 4.79 Å². The van der Waals surface area contributed by atoms with Crippen molar-refractivity contribution in [2.75, 3.05) is 34.4 Å². The van der Waals surface area contributed by atoms with E-state index in [0.29, 0.717) is 17.9 Å². The van der Waals surface area contributed by atoms with Gasteiger partial charge in [0.2, 0.25) is 5.76 Å². The van der Waals surface area contributed by atoms with E-state index in [1.807, 2.05) is 31.1 Å².